The number of amides is 2. The van der Waals surface area contributed by atoms with E-state index >= 15 is 0 Å². The quantitative estimate of drug-likeness (QED) is 0.851. The minimum Gasteiger partial charge on any atom is -0.342 e. The second-order valence-corrected chi connectivity index (χ2v) is 5.73. The Bertz CT molecular complexity index is 486. The van der Waals surface area contributed by atoms with E-state index in [1.807, 2.05) is 24.6 Å². The number of aromatic nitrogens is 2. The number of hydrogen-bond acceptors (Lipinski definition) is 3. The van der Waals surface area contributed by atoms with Gasteiger partial charge in [0.05, 0.1) is 6.33 Å². The molecule has 1 N–H and O–H groups in total. The lowest BCUT2D eigenvalue weighted by atomic mass is 9.94. The molecular weight excluding hydrogens is 268 g/mol. The highest BCUT2D eigenvalue weighted by molar-refractivity contribution is 5.96. The van der Waals surface area contributed by atoms with Crippen LogP contribution in [0.25, 0.3) is 0 Å². The number of hydrogen-bond donors (Lipinski definition) is 1. The van der Waals surface area contributed by atoms with Gasteiger partial charge in [-0.25, -0.2) is 4.98 Å². The van der Waals surface area contributed by atoms with E-state index in [4.69, 9.17) is 0 Å². The van der Waals surface area contributed by atoms with E-state index in [-0.39, 0.29) is 29.8 Å². The van der Waals surface area contributed by atoms with Crippen LogP contribution in [0.1, 0.15) is 33.6 Å². The van der Waals surface area contributed by atoms with Gasteiger partial charge in [0.15, 0.2) is 0 Å². The highest BCUT2D eigenvalue weighted by Gasteiger charge is 2.39. The van der Waals surface area contributed by atoms with E-state index in [9.17, 15) is 9.59 Å². The van der Waals surface area contributed by atoms with Gasteiger partial charge in [0.2, 0.25) is 11.8 Å². The molecule has 6 nitrogen and oxygen atoms in total. The zero-order chi connectivity index (χ0) is 15.4. The molecule has 0 bridgehead atoms. The van der Waals surface area contributed by atoms with E-state index in [1.165, 1.54) is 0 Å². The summed E-state index contributed by atoms with van der Waals surface area (Å²) in [7, 11) is 0. The molecule has 3 atom stereocenters. The summed E-state index contributed by atoms with van der Waals surface area (Å²) in [5.74, 6) is 0.148. The van der Waals surface area contributed by atoms with Crippen molar-refractivity contribution < 1.29 is 9.59 Å². The summed E-state index contributed by atoms with van der Waals surface area (Å²) in [6.45, 7) is 7.22. The molecule has 2 heterocycles. The number of rotatable bonds is 6. The predicted octanol–water partition coefficient (Wildman–Crippen LogP) is 1.03. The zero-order valence-corrected chi connectivity index (χ0v) is 13.0. The molecule has 0 radical (unpaired) electrons. The SMILES string of the molecule is CCC(C)C1NC(=O)C(C)N(CCCn2ccnc2)C1=O. The van der Waals surface area contributed by atoms with Gasteiger partial charge in [-0.2, -0.15) is 0 Å². The van der Waals surface area contributed by atoms with Crippen LogP contribution in [-0.4, -0.2) is 44.9 Å². The summed E-state index contributed by atoms with van der Waals surface area (Å²) in [6.07, 6.45) is 7.08. The van der Waals surface area contributed by atoms with Crippen molar-refractivity contribution in [2.24, 2.45) is 5.92 Å². The third-order valence-corrected chi connectivity index (χ3v) is 4.28. The minimum atomic E-state index is -0.388. The third kappa shape index (κ3) is 3.43. The molecule has 1 aliphatic heterocycles. The fourth-order valence-electron chi connectivity index (χ4n) is 2.61. The van der Waals surface area contributed by atoms with Gasteiger partial charge >= 0.3 is 0 Å². The molecule has 0 aromatic carbocycles. The minimum absolute atomic E-state index is 0.0436. The normalized spacial score (nSPS) is 24.0. The molecule has 1 aliphatic rings. The number of carbonyl (C=O) groups excluding carboxylic acids is 2. The fourth-order valence-corrected chi connectivity index (χ4v) is 2.61. The van der Waals surface area contributed by atoms with Crippen molar-refractivity contribution in [3.63, 3.8) is 0 Å². The Kier molecular flexibility index (Phi) is 4.98. The van der Waals surface area contributed by atoms with Crippen molar-refractivity contribution in [2.45, 2.75) is 52.2 Å². The van der Waals surface area contributed by atoms with E-state index in [2.05, 4.69) is 10.3 Å². The molecule has 1 aromatic rings. The first-order chi connectivity index (χ1) is 10.0. The van der Waals surface area contributed by atoms with Gasteiger partial charge in [0.25, 0.3) is 0 Å². The molecule has 1 fully saturated rings. The van der Waals surface area contributed by atoms with Gasteiger partial charge < -0.3 is 14.8 Å². The van der Waals surface area contributed by atoms with Crippen molar-refractivity contribution in [1.82, 2.24) is 19.8 Å². The van der Waals surface area contributed by atoms with Crippen molar-refractivity contribution in [3.05, 3.63) is 18.7 Å². The average molecular weight is 292 g/mol. The first kappa shape index (κ1) is 15.5. The highest BCUT2D eigenvalue weighted by atomic mass is 16.2. The summed E-state index contributed by atoms with van der Waals surface area (Å²) < 4.78 is 1.98. The first-order valence-electron chi connectivity index (χ1n) is 7.61. The van der Waals surface area contributed by atoms with Crippen molar-refractivity contribution >= 4 is 11.8 Å². The first-order valence-corrected chi connectivity index (χ1v) is 7.61. The largest absolute Gasteiger partial charge is 0.342 e. The van der Waals surface area contributed by atoms with Crippen molar-refractivity contribution in [1.29, 1.82) is 0 Å². The molecule has 116 valence electrons. The molecule has 2 rings (SSSR count). The monoisotopic (exact) mass is 292 g/mol. The van der Waals surface area contributed by atoms with Crippen LogP contribution in [0.3, 0.4) is 0 Å². The Balaban J connectivity index is 1.97. The van der Waals surface area contributed by atoms with Gasteiger partial charge in [0, 0.05) is 25.5 Å². The van der Waals surface area contributed by atoms with Crippen molar-refractivity contribution in [3.8, 4) is 0 Å². The second-order valence-electron chi connectivity index (χ2n) is 5.73. The van der Waals surface area contributed by atoms with Crippen LogP contribution in [0.4, 0.5) is 0 Å². The molecule has 0 saturated carbocycles. The number of piperazine rings is 1. The number of imidazole rings is 1. The summed E-state index contributed by atoms with van der Waals surface area (Å²) in [5.41, 5.74) is 0. The molecule has 3 unspecified atom stereocenters. The Morgan fingerprint density at radius 1 is 1.38 bits per heavy atom. The molecule has 1 aromatic heterocycles. The van der Waals surface area contributed by atoms with Gasteiger partial charge in [0.1, 0.15) is 12.1 Å². The third-order valence-electron chi connectivity index (χ3n) is 4.28. The molecule has 0 aliphatic carbocycles. The van der Waals surface area contributed by atoms with E-state index in [0.29, 0.717) is 6.54 Å². The highest BCUT2D eigenvalue weighted by Crippen LogP contribution is 2.18. The summed E-state index contributed by atoms with van der Waals surface area (Å²) in [5, 5.41) is 2.86. The Morgan fingerprint density at radius 3 is 2.76 bits per heavy atom. The van der Waals surface area contributed by atoms with Crippen LogP contribution in [0.15, 0.2) is 18.7 Å². The van der Waals surface area contributed by atoms with Gasteiger partial charge in [-0.05, 0) is 19.3 Å². The molecule has 1 saturated heterocycles. The summed E-state index contributed by atoms with van der Waals surface area (Å²) >= 11 is 0. The van der Waals surface area contributed by atoms with Gasteiger partial charge in [-0.15, -0.1) is 0 Å². The van der Waals surface area contributed by atoms with Gasteiger partial charge in [-0.3, -0.25) is 9.59 Å². The summed E-state index contributed by atoms with van der Waals surface area (Å²) in [4.78, 5) is 30.3. The Labute approximate surface area is 125 Å². The zero-order valence-electron chi connectivity index (χ0n) is 13.0. The molecule has 0 spiro atoms. The van der Waals surface area contributed by atoms with E-state index in [0.717, 1.165) is 19.4 Å². The van der Waals surface area contributed by atoms with Crippen LogP contribution in [0, 0.1) is 5.92 Å². The lowest BCUT2D eigenvalue weighted by Crippen LogP contribution is -2.64. The molecule has 21 heavy (non-hydrogen) atoms. The molecular formula is C15H24N4O2. The summed E-state index contributed by atoms with van der Waals surface area (Å²) in [6, 6.07) is -0.771. The fraction of sp³-hybridized carbons (Fsp3) is 0.667. The number of aryl methyl sites for hydroxylation is 1. The van der Waals surface area contributed by atoms with Gasteiger partial charge in [-0.1, -0.05) is 20.3 Å². The van der Waals surface area contributed by atoms with Crippen LogP contribution < -0.4 is 5.32 Å². The van der Waals surface area contributed by atoms with Crippen LogP contribution in [0.2, 0.25) is 0 Å². The molecule has 6 heteroatoms. The maximum absolute atomic E-state index is 12.6. The van der Waals surface area contributed by atoms with Crippen LogP contribution >= 0.6 is 0 Å². The van der Waals surface area contributed by atoms with Crippen molar-refractivity contribution in [2.75, 3.05) is 6.54 Å². The predicted molar refractivity (Wildman–Crippen MR) is 79.4 cm³/mol. The number of carbonyl (C=O) groups is 2. The van der Waals surface area contributed by atoms with Crippen LogP contribution in [0.5, 0.6) is 0 Å². The molecule has 2 amide bonds. The lowest BCUT2D eigenvalue weighted by Gasteiger charge is -2.39. The van der Waals surface area contributed by atoms with E-state index < -0.39 is 0 Å². The second kappa shape index (κ2) is 6.74. The van der Waals surface area contributed by atoms with E-state index in [1.54, 1.807) is 24.3 Å². The maximum Gasteiger partial charge on any atom is 0.246 e. The smallest absolute Gasteiger partial charge is 0.246 e. The Hall–Kier alpha value is -1.85. The number of nitrogens with zero attached hydrogens (tertiary/aromatic N) is 3. The van der Waals surface area contributed by atoms with Crippen LogP contribution in [-0.2, 0) is 16.1 Å². The Morgan fingerprint density at radius 2 is 2.14 bits per heavy atom. The standard InChI is InChI=1S/C15H24N4O2/c1-4-11(2)13-15(21)19(12(3)14(20)17-13)8-5-7-18-9-6-16-10-18/h6,9-13H,4-5,7-8H2,1-3H3,(H,17,20). The average Bonchev–Trinajstić information content (AvgIpc) is 2.99. The topological polar surface area (TPSA) is 67.2 Å². The number of nitrogens with one attached hydrogen (secondary N) is 1. The lowest BCUT2D eigenvalue weighted by molar-refractivity contribution is -0.150. The maximum atomic E-state index is 12.6.